The second-order valence-electron chi connectivity index (χ2n) is 5.34. The van der Waals surface area contributed by atoms with E-state index in [2.05, 4.69) is 20.6 Å². The Morgan fingerprint density at radius 2 is 1.81 bits per heavy atom. The monoisotopic (exact) mass is 390 g/mol. The number of carbonyl (C=O) groups excluding carboxylic acids is 1. The lowest BCUT2D eigenvalue weighted by molar-refractivity contribution is 0.102. The molecule has 6 nitrogen and oxygen atoms in total. The quantitative estimate of drug-likeness (QED) is 0.674. The fourth-order valence-corrected chi connectivity index (χ4v) is 2.37. The Bertz CT molecular complexity index is 984. The van der Waals surface area contributed by atoms with Gasteiger partial charge < -0.3 is 15.4 Å². The summed E-state index contributed by atoms with van der Waals surface area (Å²) >= 11 is 5.96. The maximum Gasteiger partial charge on any atom is 0.258 e. The molecule has 1 aromatic heterocycles. The summed E-state index contributed by atoms with van der Waals surface area (Å²) in [4.78, 5) is 20.2. The van der Waals surface area contributed by atoms with Crippen LogP contribution in [0.2, 0.25) is 5.02 Å². The number of amides is 1. The van der Waals surface area contributed by atoms with Gasteiger partial charge in [-0.25, -0.2) is 18.7 Å². The van der Waals surface area contributed by atoms with Crippen LogP contribution in [-0.2, 0) is 0 Å². The standard InChI is InChI=1S/C18H13ClF2N4O2/c1-27-16-5-2-11(19)6-15(16)25-18-22-8-10(9-23-18)17(26)24-14-4-3-12(20)7-13(14)21/h2-9H,1H3,(H,24,26)(H,22,23,25). The molecule has 1 amide bonds. The first-order valence-electron chi connectivity index (χ1n) is 7.65. The molecule has 2 N–H and O–H groups in total. The zero-order chi connectivity index (χ0) is 19.4. The minimum Gasteiger partial charge on any atom is -0.495 e. The molecule has 0 radical (unpaired) electrons. The minimum absolute atomic E-state index is 0.0994. The summed E-state index contributed by atoms with van der Waals surface area (Å²) in [5.41, 5.74) is 0.505. The maximum atomic E-state index is 13.6. The Morgan fingerprint density at radius 3 is 2.48 bits per heavy atom. The van der Waals surface area contributed by atoms with Crippen LogP contribution in [0.3, 0.4) is 0 Å². The summed E-state index contributed by atoms with van der Waals surface area (Å²) in [6, 6.07) is 7.85. The largest absolute Gasteiger partial charge is 0.495 e. The van der Waals surface area contributed by atoms with E-state index in [9.17, 15) is 13.6 Å². The van der Waals surface area contributed by atoms with Gasteiger partial charge in [-0.3, -0.25) is 4.79 Å². The van der Waals surface area contributed by atoms with E-state index in [1.807, 2.05) is 0 Å². The van der Waals surface area contributed by atoms with Crippen LogP contribution in [-0.4, -0.2) is 23.0 Å². The summed E-state index contributed by atoms with van der Waals surface area (Å²) in [6.07, 6.45) is 2.53. The van der Waals surface area contributed by atoms with Crippen LogP contribution in [0.15, 0.2) is 48.8 Å². The molecule has 0 saturated heterocycles. The van der Waals surface area contributed by atoms with E-state index in [4.69, 9.17) is 16.3 Å². The number of hydrogen-bond donors (Lipinski definition) is 2. The fourth-order valence-electron chi connectivity index (χ4n) is 2.19. The van der Waals surface area contributed by atoms with Gasteiger partial charge in [0, 0.05) is 23.5 Å². The van der Waals surface area contributed by atoms with Crippen LogP contribution < -0.4 is 15.4 Å². The summed E-state index contributed by atoms with van der Waals surface area (Å²) in [7, 11) is 1.51. The van der Waals surface area contributed by atoms with E-state index in [-0.39, 0.29) is 17.2 Å². The molecule has 0 saturated carbocycles. The van der Waals surface area contributed by atoms with Gasteiger partial charge in [-0.1, -0.05) is 11.6 Å². The Labute approximate surface area is 158 Å². The number of aromatic nitrogens is 2. The van der Waals surface area contributed by atoms with Crippen LogP contribution in [0.4, 0.5) is 26.1 Å². The van der Waals surface area contributed by atoms with Gasteiger partial charge in [-0.05, 0) is 30.3 Å². The third-order valence-electron chi connectivity index (χ3n) is 3.50. The number of hydrogen-bond acceptors (Lipinski definition) is 5. The van der Waals surface area contributed by atoms with Crippen molar-refractivity contribution in [2.45, 2.75) is 0 Å². The number of halogens is 3. The Morgan fingerprint density at radius 1 is 1.07 bits per heavy atom. The second kappa shape index (κ2) is 7.96. The van der Waals surface area contributed by atoms with Crippen molar-refractivity contribution in [3.8, 4) is 5.75 Å². The number of nitrogens with one attached hydrogen (secondary N) is 2. The highest BCUT2D eigenvalue weighted by Crippen LogP contribution is 2.29. The first-order valence-corrected chi connectivity index (χ1v) is 8.03. The van der Waals surface area contributed by atoms with Crippen LogP contribution >= 0.6 is 11.6 Å². The number of nitrogens with zero attached hydrogens (tertiary/aromatic N) is 2. The molecule has 2 aromatic carbocycles. The number of rotatable bonds is 5. The molecule has 0 aliphatic heterocycles. The van der Waals surface area contributed by atoms with E-state index >= 15 is 0 Å². The molecule has 1 heterocycles. The second-order valence-corrected chi connectivity index (χ2v) is 5.78. The molecule has 3 rings (SSSR count). The normalized spacial score (nSPS) is 10.4. The van der Waals surface area contributed by atoms with Crippen molar-refractivity contribution < 1.29 is 18.3 Å². The first-order chi connectivity index (χ1) is 13.0. The third kappa shape index (κ3) is 4.48. The third-order valence-corrected chi connectivity index (χ3v) is 3.74. The SMILES string of the molecule is COc1ccc(Cl)cc1Nc1ncc(C(=O)Nc2ccc(F)cc2F)cn1. The van der Waals surface area contributed by atoms with Crippen molar-refractivity contribution in [2.75, 3.05) is 17.7 Å². The smallest absolute Gasteiger partial charge is 0.258 e. The average Bonchev–Trinajstić information content (AvgIpc) is 2.65. The van der Waals surface area contributed by atoms with E-state index in [1.165, 1.54) is 19.5 Å². The predicted molar refractivity (Wildman–Crippen MR) is 97.6 cm³/mol. The molecule has 9 heteroatoms. The molecule has 3 aromatic rings. The zero-order valence-corrected chi connectivity index (χ0v) is 14.7. The van der Waals surface area contributed by atoms with Crippen LogP contribution in [0.1, 0.15) is 10.4 Å². The van der Waals surface area contributed by atoms with E-state index in [0.29, 0.717) is 22.5 Å². The van der Waals surface area contributed by atoms with Crippen molar-refractivity contribution in [1.82, 2.24) is 9.97 Å². The number of benzene rings is 2. The Hall–Kier alpha value is -3.26. The summed E-state index contributed by atoms with van der Waals surface area (Å²) < 4.78 is 31.7. The van der Waals surface area contributed by atoms with E-state index in [0.717, 1.165) is 12.1 Å². The minimum atomic E-state index is -0.879. The summed E-state index contributed by atoms with van der Waals surface area (Å²) in [5.74, 6) is -1.50. The topological polar surface area (TPSA) is 76.1 Å². The van der Waals surface area contributed by atoms with Crippen molar-refractivity contribution in [3.05, 3.63) is 71.0 Å². The Kier molecular flexibility index (Phi) is 5.46. The van der Waals surface area contributed by atoms with Gasteiger partial charge in [0.1, 0.15) is 17.4 Å². The van der Waals surface area contributed by atoms with Gasteiger partial charge in [0.05, 0.1) is 24.0 Å². The molecule has 138 valence electrons. The number of methoxy groups -OCH3 is 1. The molecular weight excluding hydrogens is 378 g/mol. The zero-order valence-electron chi connectivity index (χ0n) is 14.0. The average molecular weight is 391 g/mol. The molecule has 0 unspecified atom stereocenters. The van der Waals surface area contributed by atoms with Crippen molar-refractivity contribution in [1.29, 1.82) is 0 Å². The fraction of sp³-hybridized carbons (Fsp3) is 0.0556. The molecular formula is C18H13ClF2N4O2. The van der Waals surface area contributed by atoms with Crippen molar-refractivity contribution in [3.63, 3.8) is 0 Å². The molecule has 0 spiro atoms. The number of carbonyl (C=O) groups is 1. The molecule has 0 fully saturated rings. The summed E-state index contributed by atoms with van der Waals surface area (Å²) in [6.45, 7) is 0. The number of anilines is 3. The van der Waals surface area contributed by atoms with Gasteiger partial charge in [0.15, 0.2) is 0 Å². The predicted octanol–water partition coefficient (Wildman–Crippen LogP) is 4.41. The molecule has 0 atom stereocenters. The van der Waals surface area contributed by atoms with Crippen LogP contribution in [0.5, 0.6) is 5.75 Å². The van der Waals surface area contributed by atoms with Crippen molar-refractivity contribution >= 4 is 34.8 Å². The van der Waals surface area contributed by atoms with E-state index < -0.39 is 17.5 Å². The highest BCUT2D eigenvalue weighted by Gasteiger charge is 2.12. The molecule has 0 aliphatic rings. The number of ether oxygens (including phenoxy) is 1. The van der Waals surface area contributed by atoms with Crippen LogP contribution in [0.25, 0.3) is 0 Å². The highest BCUT2D eigenvalue weighted by atomic mass is 35.5. The lowest BCUT2D eigenvalue weighted by Gasteiger charge is -2.10. The molecule has 0 bridgehead atoms. The lowest BCUT2D eigenvalue weighted by Crippen LogP contribution is -2.14. The van der Waals surface area contributed by atoms with Crippen LogP contribution in [0, 0.1) is 11.6 Å². The van der Waals surface area contributed by atoms with Gasteiger partial charge in [0.2, 0.25) is 5.95 Å². The van der Waals surface area contributed by atoms with Gasteiger partial charge in [0.25, 0.3) is 5.91 Å². The maximum absolute atomic E-state index is 13.6. The van der Waals surface area contributed by atoms with E-state index in [1.54, 1.807) is 18.2 Å². The van der Waals surface area contributed by atoms with Gasteiger partial charge >= 0.3 is 0 Å². The summed E-state index contributed by atoms with van der Waals surface area (Å²) in [5, 5.41) is 5.76. The molecule has 27 heavy (non-hydrogen) atoms. The van der Waals surface area contributed by atoms with Gasteiger partial charge in [-0.2, -0.15) is 0 Å². The Balaban J connectivity index is 1.73. The first kappa shape index (κ1) is 18.5. The molecule has 0 aliphatic carbocycles. The van der Waals surface area contributed by atoms with Crippen molar-refractivity contribution in [2.24, 2.45) is 0 Å². The van der Waals surface area contributed by atoms with Gasteiger partial charge in [-0.15, -0.1) is 0 Å². The lowest BCUT2D eigenvalue weighted by atomic mass is 10.2. The highest BCUT2D eigenvalue weighted by molar-refractivity contribution is 6.31.